The van der Waals surface area contributed by atoms with Crippen molar-refractivity contribution in [1.82, 2.24) is 34.5 Å². The first-order chi connectivity index (χ1) is 9.81. The summed E-state index contributed by atoms with van der Waals surface area (Å²) in [5.41, 5.74) is 0. The Morgan fingerprint density at radius 1 is 1.05 bits per heavy atom. The minimum absolute atomic E-state index is 0.118. The average molecular weight is 291 g/mol. The molecule has 0 radical (unpaired) electrons. The molecule has 3 aromatic rings. The van der Waals surface area contributed by atoms with Crippen molar-refractivity contribution in [2.75, 3.05) is 11.9 Å². The van der Waals surface area contributed by atoms with Crippen LogP contribution in [0, 0.1) is 0 Å². The highest BCUT2D eigenvalue weighted by atomic mass is 35.5. The second-order valence-corrected chi connectivity index (χ2v) is 4.21. The highest BCUT2D eigenvalue weighted by Gasteiger charge is 2.06. The minimum atomic E-state index is 0.118. The van der Waals surface area contributed by atoms with Crippen LogP contribution in [0.4, 0.5) is 5.95 Å². The number of hydrogen-bond donors (Lipinski definition) is 1. The van der Waals surface area contributed by atoms with Gasteiger partial charge in [0.05, 0.1) is 6.54 Å². The lowest BCUT2D eigenvalue weighted by atomic mass is 10.6. The number of anilines is 1. The van der Waals surface area contributed by atoms with E-state index >= 15 is 0 Å². The van der Waals surface area contributed by atoms with Crippen molar-refractivity contribution in [2.24, 2.45) is 0 Å². The van der Waals surface area contributed by atoms with E-state index in [0.717, 1.165) is 0 Å². The molecule has 0 aliphatic heterocycles. The molecular formula is C11H11ClN8. The zero-order chi connectivity index (χ0) is 13.8. The van der Waals surface area contributed by atoms with E-state index in [1.165, 1.54) is 4.68 Å². The van der Waals surface area contributed by atoms with Gasteiger partial charge in [-0.2, -0.15) is 25.1 Å². The summed E-state index contributed by atoms with van der Waals surface area (Å²) in [6, 6.07) is 3.65. The molecule has 0 fully saturated rings. The van der Waals surface area contributed by atoms with Gasteiger partial charge in [-0.3, -0.25) is 4.68 Å². The van der Waals surface area contributed by atoms with Crippen molar-refractivity contribution in [1.29, 1.82) is 0 Å². The van der Waals surface area contributed by atoms with Crippen molar-refractivity contribution >= 4 is 17.5 Å². The van der Waals surface area contributed by atoms with Crippen LogP contribution in [0.15, 0.2) is 36.9 Å². The van der Waals surface area contributed by atoms with Gasteiger partial charge in [-0.25, -0.2) is 4.68 Å². The highest BCUT2D eigenvalue weighted by Crippen LogP contribution is 2.08. The van der Waals surface area contributed by atoms with E-state index in [-0.39, 0.29) is 5.28 Å². The predicted molar refractivity (Wildman–Crippen MR) is 72.7 cm³/mol. The molecule has 8 nitrogen and oxygen atoms in total. The topological polar surface area (TPSA) is 86.3 Å². The molecule has 0 saturated carbocycles. The molecule has 0 bridgehead atoms. The zero-order valence-electron chi connectivity index (χ0n) is 10.4. The molecule has 0 atom stereocenters. The molecule has 0 aliphatic carbocycles. The van der Waals surface area contributed by atoms with Crippen molar-refractivity contribution in [3.63, 3.8) is 0 Å². The van der Waals surface area contributed by atoms with E-state index in [1.807, 2.05) is 16.9 Å². The summed E-state index contributed by atoms with van der Waals surface area (Å²) in [4.78, 5) is 12.3. The van der Waals surface area contributed by atoms with E-state index in [1.54, 1.807) is 24.7 Å². The molecule has 20 heavy (non-hydrogen) atoms. The number of nitrogens with zero attached hydrogens (tertiary/aromatic N) is 7. The fourth-order valence-corrected chi connectivity index (χ4v) is 1.78. The lowest BCUT2D eigenvalue weighted by molar-refractivity contribution is 0.635. The number of halogens is 1. The van der Waals surface area contributed by atoms with Gasteiger partial charge in [0, 0.05) is 31.3 Å². The third-order valence-corrected chi connectivity index (χ3v) is 2.66. The molecule has 0 aromatic carbocycles. The van der Waals surface area contributed by atoms with Gasteiger partial charge in [0.1, 0.15) is 0 Å². The lowest BCUT2D eigenvalue weighted by Gasteiger charge is -2.06. The molecule has 0 amide bonds. The smallest absolute Gasteiger partial charge is 0.256 e. The van der Waals surface area contributed by atoms with Crippen LogP contribution in [-0.4, -0.2) is 41.1 Å². The second kappa shape index (κ2) is 5.66. The van der Waals surface area contributed by atoms with Crippen LogP contribution in [0.1, 0.15) is 0 Å². The van der Waals surface area contributed by atoms with Crippen LogP contribution >= 0.6 is 11.6 Å². The Bertz CT molecular complexity index is 664. The van der Waals surface area contributed by atoms with Crippen molar-refractivity contribution in [3.05, 3.63) is 42.2 Å². The summed E-state index contributed by atoms with van der Waals surface area (Å²) >= 11 is 5.88. The molecule has 3 aromatic heterocycles. The molecule has 9 heteroatoms. The molecule has 102 valence electrons. The van der Waals surface area contributed by atoms with Crippen molar-refractivity contribution in [3.8, 4) is 5.95 Å². The van der Waals surface area contributed by atoms with Crippen LogP contribution < -0.4 is 5.32 Å². The third kappa shape index (κ3) is 2.91. The van der Waals surface area contributed by atoms with Crippen molar-refractivity contribution in [2.45, 2.75) is 6.54 Å². The minimum Gasteiger partial charge on any atom is -0.352 e. The van der Waals surface area contributed by atoms with Crippen molar-refractivity contribution < 1.29 is 0 Å². The first kappa shape index (κ1) is 12.5. The largest absolute Gasteiger partial charge is 0.352 e. The van der Waals surface area contributed by atoms with Gasteiger partial charge in [0.2, 0.25) is 11.2 Å². The van der Waals surface area contributed by atoms with E-state index in [0.29, 0.717) is 25.0 Å². The molecule has 3 rings (SSSR count). The van der Waals surface area contributed by atoms with Gasteiger partial charge in [-0.05, 0) is 23.7 Å². The fourth-order valence-electron chi connectivity index (χ4n) is 1.62. The van der Waals surface area contributed by atoms with Gasteiger partial charge < -0.3 is 5.32 Å². The Labute approximate surface area is 119 Å². The van der Waals surface area contributed by atoms with Gasteiger partial charge >= 0.3 is 0 Å². The lowest BCUT2D eigenvalue weighted by Crippen LogP contribution is -2.14. The predicted octanol–water partition coefficient (Wildman–Crippen LogP) is 1.02. The van der Waals surface area contributed by atoms with E-state index < -0.39 is 0 Å². The van der Waals surface area contributed by atoms with Gasteiger partial charge in [-0.1, -0.05) is 0 Å². The summed E-state index contributed by atoms with van der Waals surface area (Å²) in [6.45, 7) is 1.33. The van der Waals surface area contributed by atoms with Gasteiger partial charge in [-0.15, -0.1) is 0 Å². The monoisotopic (exact) mass is 290 g/mol. The summed E-state index contributed by atoms with van der Waals surface area (Å²) in [7, 11) is 0. The standard InChI is InChI=1S/C11H11ClN8/c12-9-16-10(13-5-8-19-6-1-3-14-19)18-11(17-9)20-7-2-4-15-20/h1-4,6-7H,5,8H2,(H,13,16,17,18). The van der Waals surface area contributed by atoms with E-state index in [2.05, 4.69) is 30.5 Å². The zero-order valence-corrected chi connectivity index (χ0v) is 11.1. The Hall–Kier alpha value is -2.48. The van der Waals surface area contributed by atoms with Crippen LogP contribution in [0.25, 0.3) is 5.95 Å². The number of hydrogen-bond acceptors (Lipinski definition) is 6. The quantitative estimate of drug-likeness (QED) is 0.755. The molecule has 3 heterocycles. The number of rotatable bonds is 5. The number of nitrogens with one attached hydrogen (secondary N) is 1. The van der Waals surface area contributed by atoms with Gasteiger partial charge in [0.15, 0.2) is 0 Å². The third-order valence-electron chi connectivity index (χ3n) is 2.49. The summed E-state index contributed by atoms with van der Waals surface area (Å²) < 4.78 is 3.33. The molecular weight excluding hydrogens is 280 g/mol. The van der Waals surface area contributed by atoms with Crippen LogP contribution in [0.2, 0.25) is 5.28 Å². The van der Waals surface area contributed by atoms with E-state index in [9.17, 15) is 0 Å². The number of aromatic nitrogens is 7. The Kier molecular flexibility index (Phi) is 3.55. The van der Waals surface area contributed by atoms with E-state index in [4.69, 9.17) is 11.6 Å². The molecule has 0 saturated heterocycles. The molecule has 0 aliphatic rings. The Morgan fingerprint density at radius 2 is 1.90 bits per heavy atom. The normalized spacial score (nSPS) is 10.7. The maximum absolute atomic E-state index is 5.88. The fraction of sp³-hybridized carbons (Fsp3) is 0.182. The summed E-state index contributed by atoms with van der Waals surface area (Å²) in [5, 5.41) is 11.4. The van der Waals surface area contributed by atoms with Gasteiger partial charge in [0.25, 0.3) is 5.95 Å². The van der Waals surface area contributed by atoms with Crippen LogP contribution in [0.3, 0.4) is 0 Å². The Balaban J connectivity index is 1.70. The first-order valence-electron chi connectivity index (χ1n) is 5.94. The first-order valence-corrected chi connectivity index (χ1v) is 6.32. The second-order valence-electron chi connectivity index (χ2n) is 3.87. The maximum Gasteiger partial charge on any atom is 0.256 e. The van der Waals surface area contributed by atoms with Crippen LogP contribution in [0.5, 0.6) is 0 Å². The maximum atomic E-state index is 5.88. The molecule has 0 spiro atoms. The molecule has 1 N–H and O–H groups in total. The average Bonchev–Trinajstić information content (AvgIpc) is 3.11. The Morgan fingerprint density at radius 3 is 2.65 bits per heavy atom. The van der Waals surface area contributed by atoms with Crippen LogP contribution in [-0.2, 0) is 6.54 Å². The summed E-state index contributed by atoms with van der Waals surface area (Å²) in [5.74, 6) is 0.777. The SMILES string of the molecule is Clc1nc(NCCn2cccn2)nc(-n2cccn2)n1. The molecule has 0 unspecified atom stereocenters. The highest BCUT2D eigenvalue weighted by molar-refractivity contribution is 6.28. The summed E-state index contributed by atoms with van der Waals surface area (Å²) in [6.07, 6.45) is 6.99.